The van der Waals surface area contributed by atoms with Crippen molar-refractivity contribution in [1.29, 1.82) is 0 Å². The third-order valence-electron chi connectivity index (χ3n) is 4.61. The molecule has 1 aromatic carbocycles. The summed E-state index contributed by atoms with van der Waals surface area (Å²) in [6.45, 7) is 1.63. The number of hydrogen-bond acceptors (Lipinski definition) is 3. The molecule has 2 aromatic rings. The normalized spacial score (nSPS) is 16.0. The lowest BCUT2D eigenvalue weighted by Gasteiger charge is -2.27. The Hall–Kier alpha value is -2.76. The van der Waals surface area contributed by atoms with Crippen LogP contribution in [0.2, 0.25) is 0 Å². The minimum Gasteiger partial charge on any atom is -0.472 e. The predicted octanol–water partition coefficient (Wildman–Crippen LogP) is 3.22. The molecule has 138 valence electrons. The Labute approximate surface area is 153 Å². The average Bonchev–Trinajstić information content (AvgIpc) is 3.10. The minimum atomic E-state index is -0.262. The van der Waals surface area contributed by atoms with Gasteiger partial charge >= 0.3 is 6.03 Å². The summed E-state index contributed by atoms with van der Waals surface area (Å²) in [5, 5.41) is 5.84. The van der Waals surface area contributed by atoms with Crippen LogP contribution < -0.4 is 10.6 Å². The Morgan fingerprint density at radius 2 is 2.00 bits per heavy atom. The van der Waals surface area contributed by atoms with Crippen LogP contribution in [-0.2, 0) is 11.3 Å². The molecule has 6 heteroatoms. The third kappa shape index (κ3) is 5.12. The number of nitrogens with one attached hydrogen (secondary N) is 2. The molecular formula is C20H25N3O3. The number of hydrogen-bond donors (Lipinski definition) is 2. The molecule has 0 spiro atoms. The molecule has 1 atom stereocenters. The largest absolute Gasteiger partial charge is 0.472 e. The number of amides is 3. The highest BCUT2D eigenvalue weighted by Crippen LogP contribution is 2.18. The fourth-order valence-electron chi connectivity index (χ4n) is 3.16. The van der Waals surface area contributed by atoms with E-state index in [9.17, 15) is 9.59 Å². The molecule has 1 aliphatic heterocycles. The first-order valence-electron chi connectivity index (χ1n) is 9.10. The quantitative estimate of drug-likeness (QED) is 0.835. The van der Waals surface area contributed by atoms with Gasteiger partial charge in [-0.3, -0.25) is 4.79 Å². The van der Waals surface area contributed by atoms with Gasteiger partial charge in [0.05, 0.1) is 18.6 Å². The number of urea groups is 1. The van der Waals surface area contributed by atoms with Crippen molar-refractivity contribution in [3.05, 3.63) is 60.1 Å². The number of furan rings is 1. The molecule has 3 amide bonds. The maximum Gasteiger partial charge on any atom is 0.315 e. The van der Waals surface area contributed by atoms with E-state index < -0.39 is 0 Å². The van der Waals surface area contributed by atoms with Crippen LogP contribution in [0.4, 0.5) is 4.79 Å². The predicted molar refractivity (Wildman–Crippen MR) is 98.3 cm³/mol. The molecule has 0 saturated carbocycles. The zero-order valence-corrected chi connectivity index (χ0v) is 14.8. The Balaban J connectivity index is 1.65. The first-order chi connectivity index (χ1) is 12.7. The van der Waals surface area contributed by atoms with Gasteiger partial charge in [0.1, 0.15) is 0 Å². The molecule has 0 bridgehead atoms. The molecule has 1 aromatic heterocycles. The monoisotopic (exact) mass is 355 g/mol. The van der Waals surface area contributed by atoms with E-state index >= 15 is 0 Å². The van der Waals surface area contributed by atoms with Crippen molar-refractivity contribution >= 4 is 11.9 Å². The molecule has 2 heterocycles. The SMILES string of the molecule is O=C(NCc1ccoc1)N[C@H](CN1CCCCCC1=O)c1ccccc1. The second-order valence-corrected chi connectivity index (χ2v) is 6.57. The second kappa shape index (κ2) is 9.08. The van der Waals surface area contributed by atoms with Gasteiger partial charge in [0.15, 0.2) is 0 Å². The maximum absolute atomic E-state index is 12.4. The maximum atomic E-state index is 12.4. The van der Waals surface area contributed by atoms with Crippen LogP contribution >= 0.6 is 0 Å². The molecule has 3 rings (SSSR count). The van der Waals surface area contributed by atoms with Crippen molar-refractivity contribution in [3.8, 4) is 0 Å². The molecule has 0 radical (unpaired) electrons. The fourth-order valence-corrected chi connectivity index (χ4v) is 3.16. The molecule has 0 aliphatic carbocycles. The number of carbonyl (C=O) groups excluding carboxylic acids is 2. The summed E-state index contributed by atoms with van der Waals surface area (Å²) >= 11 is 0. The van der Waals surface area contributed by atoms with Crippen LogP contribution in [0.5, 0.6) is 0 Å². The van der Waals surface area contributed by atoms with Gasteiger partial charge < -0.3 is 20.0 Å². The molecule has 1 fully saturated rings. The molecule has 0 unspecified atom stereocenters. The smallest absolute Gasteiger partial charge is 0.315 e. The Morgan fingerprint density at radius 3 is 2.77 bits per heavy atom. The van der Waals surface area contributed by atoms with Gasteiger partial charge in [-0.25, -0.2) is 4.79 Å². The van der Waals surface area contributed by atoms with E-state index in [2.05, 4.69) is 10.6 Å². The van der Waals surface area contributed by atoms with Crippen LogP contribution in [0.3, 0.4) is 0 Å². The Bertz CT molecular complexity index is 700. The van der Waals surface area contributed by atoms with Crippen LogP contribution in [0.25, 0.3) is 0 Å². The number of rotatable bonds is 6. The van der Waals surface area contributed by atoms with E-state index in [0.717, 1.165) is 36.9 Å². The van der Waals surface area contributed by atoms with Gasteiger partial charge in [0, 0.05) is 31.6 Å². The highest BCUT2D eigenvalue weighted by atomic mass is 16.3. The second-order valence-electron chi connectivity index (χ2n) is 6.57. The van der Waals surface area contributed by atoms with E-state index in [1.165, 1.54) is 0 Å². The van der Waals surface area contributed by atoms with Crippen molar-refractivity contribution in [1.82, 2.24) is 15.5 Å². The zero-order valence-electron chi connectivity index (χ0n) is 14.8. The van der Waals surface area contributed by atoms with Crippen LogP contribution in [0.1, 0.15) is 42.9 Å². The number of carbonyl (C=O) groups is 2. The average molecular weight is 355 g/mol. The number of likely N-dealkylation sites (tertiary alicyclic amines) is 1. The summed E-state index contributed by atoms with van der Waals surface area (Å²) in [5.74, 6) is 0.170. The van der Waals surface area contributed by atoms with Crippen molar-refractivity contribution in [2.24, 2.45) is 0 Å². The van der Waals surface area contributed by atoms with E-state index in [1.807, 2.05) is 41.3 Å². The minimum absolute atomic E-state index is 0.170. The standard InChI is InChI=1S/C20H25N3O3/c24-19-9-5-2-6-11-23(19)14-18(17-7-3-1-4-8-17)22-20(25)21-13-16-10-12-26-15-16/h1,3-4,7-8,10,12,15,18H,2,5-6,9,11,13-14H2,(H2,21,22,25)/t18-/m1/s1. The van der Waals surface area contributed by atoms with Gasteiger partial charge in [0.2, 0.25) is 5.91 Å². The Kier molecular flexibility index (Phi) is 6.30. The van der Waals surface area contributed by atoms with Crippen LogP contribution in [-0.4, -0.2) is 29.9 Å². The summed E-state index contributed by atoms with van der Waals surface area (Å²) < 4.78 is 5.01. The lowest BCUT2D eigenvalue weighted by Crippen LogP contribution is -2.44. The lowest BCUT2D eigenvalue weighted by atomic mass is 10.1. The lowest BCUT2D eigenvalue weighted by molar-refractivity contribution is -0.131. The van der Waals surface area contributed by atoms with Crippen LogP contribution in [0.15, 0.2) is 53.3 Å². The highest BCUT2D eigenvalue weighted by molar-refractivity contribution is 5.77. The van der Waals surface area contributed by atoms with Crippen molar-refractivity contribution in [2.45, 2.75) is 38.3 Å². The van der Waals surface area contributed by atoms with Crippen molar-refractivity contribution in [3.63, 3.8) is 0 Å². The first kappa shape index (κ1) is 18.0. The Morgan fingerprint density at radius 1 is 1.15 bits per heavy atom. The molecule has 6 nitrogen and oxygen atoms in total. The van der Waals surface area contributed by atoms with Gasteiger partial charge in [0.25, 0.3) is 0 Å². The first-order valence-corrected chi connectivity index (χ1v) is 9.10. The summed E-state index contributed by atoms with van der Waals surface area (Å²) in [6, 6.07) is 11.1. The van der Waals surface area contributed by atoms with E-state index in [0.29, 0.717) is 19.5 Å². The summed E-state index contributed by atoms with van der Waals surface area (Å²) in [7, 11) is 0. The van der Waals surface area contributed by atoms with Crippen LogP contribution in [0, 0.1) is 0 Å². The molecular weight excluding hydrogens is 330 g/mol. The van der Waals surface area contributed by atoms with Gasteiger partial charge in [-0.2, -0.15) is 0 Å². The highest BCUT2D eigenvalue weighted by Gasteiger charge is 2.23. The van der Waals surface area contributed by atoms with Gasteiger partial charge in [-0.15, -0.1) is 0 Å². The summed E-state index contributed by atoms with van der Waals surface area (Å²) in [4.78, 5) is 26.6. The summed E-state index contributed by atoms with van der Waals surface area (Å²) in [5.41, 5.74) is 1.89. The van der Waals surface area contributed by atoms with Gasteiger partial charge in [-0.05, 0) is 24.5 Å². The van der Waals surface area contributed by atoms with E-state index in [1.54, 1.807) is 12.5 Å². The number of nitrogens with zero attached hydrogens (tertiary/aromatic N) is 1. The molecule has 2 N–H and O–H groups in total. The zero-order chi connectivity index (χ0) is 18.2. The third-order valence-corrected chi connectivity index (χ3v) is 4.61. The summed E-state index contributed by atoms with van der Waals surface area (Å²) in [6.07, 6.45) is 6.81. The molecule has 1 saturated heterocycles. The van der Waals surface area contributed by atoms with Gasteiger partial charge in [-0.1, -0.05) is 36.8 Å². The molecule has 1 aliphatic rings. The molecule has 26 heavy (non-hydrogen) atoms. The van der Waals surface area contributed by atoms with E-state index in [-0.39, 0.29) is 18.0 Å². The van der Waals surface area contributed by atoms with Crippen molar-refractivity contribution < 1.29 is 14.0 Å². The van der Waals surface area contributed by atoms with E-state index in [4.69, 9.17) is 4.42 Å². The van der Waals surface area contributed by atoms with Crippen molar-refractivity contribution in [2.75, 3.05) is 13.1 Å². The fraction of sp³-hybridized carbons (Fsp3) is 0.400. The topological polar surface area (TPSA) is 74.6 Å². The number of benzene rings is 1.